The Kier molecular flexibility index (Phi) is 11.4. The number of nitrogens with zero attached hydrogens (tertiary/aromatic N) is 3. The van der Waals surface area contributed by atoms with Crippen molar-refractivity contribution in [2.75, 3.05) is 13.1 Å². The fraction of sp³-hybridized carbons (Fsp3) is 0.391. The van der Waals surface area contributed by atoms with E-state index in [9.17, 15) is 18.3 Å². The average Bonchev–Trinajstić information content (AvgIpc) is 2.81. The van der Waals surface area contributed by atoms with Gasteiger partial charge in [-0.2, -0.15) is 18.4 Å². The molecular weight excluding hydrogens is 433 g/mol. The molecule has 1 fully saturated rings. The molecule has 0 amide bonds. The van der Waals surface area contributed by atoms with E-state index in [1.54, 1.807) is 24.5 Å². The summed E-state index contributed by atoms with van der Waals surface area (Å²) in [5.74, 6) is 5.56. The summed E-state index contributed by atoms with van der Waals surface area (Å²) in [4.78, 5) is 3.91. The molecule has 7 nitrogen and oxygen atoms in total. The van der Waals surface area contributed by atoms with E-state index in [1.807, 2.05) is 19.9 Å². The Morgan fingerprint density at radius 3 is 2.24 bits per heavy atom. The lowest BCUT2D eigenvalue weighted by molar-refractivity contribution is -0.137. The maximum Gasteiger partial charge on any atom is 0.416 e. The van der Waals surface area contributed by atoms with Crippen LogP contribution in [0, 0.1) is 11.3 Å². The van der Waals surface area contributed by atoms with Crippen molar-refractivity contribution in [1.29, 1.82) is 5.26 Å². The second kappa shape index (κ2) is 13.4. The van der Waals surface area contributed by atoms with Gasteiger partial charge in [0.15, 0.2) is 0 Å². The van der Waals surface area contributed by atoms with E-state index in [1.165, 1.54) is 23.3 Å². The third-order valence-corrected chi connectivity index (χ3v) is 4.76. The Hall–Kier alpha value is -3.13. The summed E-state index contributed by atoms with van der Waals surface area (Å²) in [6.07, 6.45) is 1.25. The van der Waals surface area contributed by atoms with Crippen molar-refractivity contribution in [2.45, 2.75) is 45.0 Å². The van der Waals surface area contributed by atoms with E-state index in [-0.39, 0.29) is 0 Å². The van der Waals surface area contributed by atoms with E-state index < -0.39 is 17.3 Å². The molecule has 10 heteroatoms. The summed E-state index contributed by atoms with van der Waals surface area (Å²) < 4.78 is 37.2. The minimum Gasteiger partial charge on any atom is -0.403 e. The fourth-order valence-corrected chi connectivity index (χ4v) is 3.06. The lowest BCUT2D eigenvalue weighted by Crippen LogP contribution is -2.39. The standard InChI is InChI=1S/C12H14F3NO.C9H11N5.C2H6/c13-12(14,15)10-3-1-9(2-4-10)11(17)5-7-16-8-6-11;10-3-4-14(12)7-8-1-2-9(5-11)13-6-8;1-2/h1-4,16-17H,5-8H2;1-4,6H,7,10,12H2;1-2H3/b;4-3-;. The monoisotopic (exact) mass is 464 g/mol. The molecule has 1 aliphatic heterocycles. The van der Waals surface area contributed by atoms with Crippen LogP contribution >= 0.6 is 0 Å². The van der Waals surface area contributed by atoms with Gasteiger partial charge < -0.3 is 21.2 Å². The number of hydrogen-bond acceptors (Lipinski definition) is 7. The third kappa shape index (κ3) is 9.10. The number of hydrazine groups is 1. The smallest absolute Gasteiger partial charge is 0.403 e. The van der Waals surface area contributed by atoms with Crippen LogP contribution in [-0.2, 0) is 18.3 Å². The minimum atomic E-state index is -4.32. The maximum absolute atomic E-state index is 12.4. The van der Waals surface area contributed by atoms with Gasteiger partial charge >= 0.3 is 6.18 Å². The van der Waals surface area contributed by atoms with Gasteiger partial charge in [-0.25, -0.2) is 10.8 Å². The van der Waals surface area contributed by atoms with E-state index in [0.29, 0.717) is 43.7 Å². The van der Waals surface area contributed by atoms with Gasteiger partial charge in [-0.05, 0) is 55.3 Å². The number of hydrogen-bond donors (Lipinski definition) is 4. The summed E-state index contributed by atoms with van der Waals surface area (Å²) in [6, 6.07) is 10.2. The quantitative estimate of drug-likeness (QED) is 0.404. The summed E-state index contributed by atoms with van der Waals surface area (Å²) in [5.41, 5.74) is 5.37. The van der Waals surface area contributed by atoms with Crippen molar-refractivity contribution in [3.05, 3.63) is 77.4 Å². The predicted octanol–water partition coefficient (Wildman–Crippen LogP) is 3.36. The maximum atomic E-state index is 12.4. The normalized spacial score (nSPS) is 14.8. The number of halogens is 3. The molecule has 0 spiro atoms. The Morgan fingerprint density at radius 1 is 1.18 bits per heavy atom. The van der Waals surface area contributed by atoms with E-state index in [2.05, 4.69) is 10.3 Å². The Balaban J connectivity index is 0.000000313. The number of nitriles is 1. The van der Waals surface area contributed by atoms with Crippen molar-refractivity contribution in [1.82, 2.24) is 15.3 Å². The molecule has 0 bridgehead atoms. The largest absolute Gasteiger partial charge is 0.416 e. The van der Waals surface area contributed by atoms with Crippen LogP contribution in [0.25, 0.3) is 0 Å². The zero-order valence-electron chi connectivity index (χ0n) is 18.8. The lowest BCUT2D eigenvalue weighted by atomic mass is 9.85. The highest BCUT2D eigenvalue weighted by Gasteiger charge is 2.33. The van der Waals surface area contributed by atoms with Gasteiger partial charge in [0.25, 0.3) is 0 Å². The molecule has 6 N–H and O–H groups in total. The third-order valence-electron chi connectivity index (χ3n) is 4.76. The van der Waals surface area contributed by atoms with Crippen LogP contribution in [0.4, 0.5) is 13.2 Å². The van der Waals surface area contributed by atoms with E-state index in [4.69, 9.17) is 16.8 Å². The summed E-state index contributed by atoms with van der Waals surface area (Å²) >= 11 is 0. The number of piperidine rings is 1. The summed E-state index contributed by atoms with van der Waals surface area (Å²) in [6.45, 7) is 5.86. The van der Waals surface area contributed by atoms with Crippen molar-refractivity contribution < 1.29 is 18.3 Å². The van der Waals surface area contributed by atoms with Crippen LogP contribution in [0.3, 0.4) is 0 Å². The molecule has 0 aliphatic carbocycles. The van der Waals surface area contributed by atoms with Crippen LogP contribution in [-0.4, -0.2) is 28.2 Å². The van der Waals surface area contributed by atoms with Crippen LogP contribution in [0.2, 0.25) is 0 Å². The van der Waals surface area contributed by atoms with Gasteiger partial charge in [0.2, 0.25) is 0 Å². The summed E-state index contributed by atoms with van der Waals surface area (Å²) in [5, 5.41) is 23.4. The van der Waals surface area contributed by atoms with Gasteiger partial charge in [0.1, 0.15) is 11.8 Å². The van der Waals surface area contributed by atoms with Crippen molar-refractivity contribution >= 4 is 0 Å². The molecule has 0 radical (unpaired) electrons. The highest BCUT2D eigenvalue weighted by molar-refractivity contribution is 5.29. The lowest BCUT2D eigenvalue weighted by Gasteiger charge is -2.33. The van der Waals surface area contributed by atoms with E-state index in [0.717, 1.165) is 17.7 Å². The van der Waals surface area contributed by atoms with Crippen LogP contribution < -0.4 is 16.9 Å². The van der Waals surface area contributed by atoms with Crippen molar-refractivity contribution in [3.8, 4) is 6.07 Å². The number of rotatable bonds is 4. The second-order valence-electron chi connectivity index (χ2n) is 7.03. The van der Waals surface area contributed by atoms with Gasteiger partial charge in [-0.15, -0.1) is 0 Å². The molecule has 1 aliphatic rings. The first-order valence-electron chi connectivity index (χ1n) is 10.5. The Labute approximate surface area is 192 Å². The van der Waals surface area contributed by atoms with Gasteiger partial charge in [0.05, 0.1) is 17.7 Å². The zero-order valence-corrected chi connectivity index (χ0v) is 18.8. The molecule has 1 aromatic heterocycles. The highest BCUT2D eigenvalue weighted by atomic mass is 19.4. The number of benzene rings is 1. The molecule has 1 saturated heterocycles. The molecule has 2 aromatic rings. The Morgan fingerprint density at radius 2 is 1.79 bits per heavy atom. The molecule has 33 heavy (non-hydrogen) atoms. The Bertz CT molecular complexity index is 886. The van der Waals surface area contributed by atoms with E-state index >= 15 is 0 Å². The zero-order chi connectivity index (χ0) is 24.9. The number of nitrogens with one attached hydrogen (secondary N) is 1. The van der Waals surface area contributed by atoms with Gasteiger partial charge in [-0.1, -0.05) is 32.0 Å². The molecule has 180 valence electrons. The molecule has 3 rings (SSSR count). The number of aliphatic hydroxyl groups is 1. The van der Waals surface area contributed by atoms with Crippen LogP contribution in [0.15, 0.2) is 55.0 Å². The van der Waals surface area contributed by atoms with Crippen molar-refractivity contribution in [3.63, 3.8) is 0 Å². The van der Waals surface area contributed by atoms with Crippen LogP contribution in [0.5, 0.6) is 0 Å². The van der Waals surface area contributed by atoms with Crippen molar-refractivity contribution in [2.24, 2.45) is 11.6 Å². The SMILES string of the molecule is CC.N#Cc1ccc(CN(N)/C=C\N)cn1.OC1(c2ccc(C(F)(F)F)cc2)CCNCC1. The first-order valence-corrected chi connectivity index (χ1v) is 10.5. The molecule has 0 unspecified atom stereocenters. The minimum absolute atomic E-state index is 0.395. The topological polar surface area (TPSA) is 124 Å². The summed E-state index contributed by atoms with van der Waals surface area (Å²) in [7, 11) is 0. The first-order chi connectivity index (χ1) is 15.7. The first kappa shape index (κ1) is 27.9. The second-order valence-corrected chi connectivity index (χ2v) is 7.03. The number of aromatic nitrogens is 1. The van der Waals surface area contributed by atoms with Crippen LogP contribution in [0.1, 0.15) is 49.1 Å². The molecule has 0 atom stereocenters. The van der Waals surface area contributed by atoms with Gasteiger partial charge in [0, 0.05) is 18.6 Å². The number of pyridine rings is 1. The average molecular weight is 465 g/mol. The number of nitrogens with two attached hydrogens (primary N) is 2. The highest BCUT2D eigenvalue weighted by Crippen LogP contribution is 2.34. The predicted molar refractivity (Wildman–Crippen MR) is 121 cm³/mol. The molecule has 1 aromatic carbocycles. The van der Waals surface area contributed by atoms with Gasteiger partial charge in [-0.3, -0.25) is 0 Å². The number of alkyl halides is 3. The molecule has 2 heterocycles. The fourth-order valence-electron chi connectivity index (χ4n) is 3.06. The molecule has 0 saturated carbocycles. The molecular formula is C23H31F3N6O.